The van der Waals surface area contributed by atoms with Gasteiger partial charge < -0.3 is 10.2 Å². The molecule has 0 spiro atoms. The summed E-state index contributed by atoms with van der Waals surface area (Å²) in [5.41, 5.74) is 0.796. The Morgan fingerprint density at radius 2 is 1.88 bits per heavy atom. The van der Waals surface area contributed by atoms with Crippen LogP contribution >= 0.6 is 11.3 Å². The lowest BCUT2D eigenvalue weighted by atomic mass is 10.2. The number of hydrogen-bond donors (Lipinski definition) is 1. The maximum atomic E-state index is 12.5. The second-order valence-corrected chi connectivity index (χ2v) is 8.07. The van der Waals surface area contributed by atoms with E-state index >= 15 is 0 Å². The molecule has 1 saturated heterocycles. The molecule has 0 saturated carbocycles. The number of pyridine rings is 1. The van der Waals surface area contributed by atoms with Crippen LogP contribution < -0.4 is 10.2 Å². The van der Waals surface area contributed by atoms with Gasteiger partial charge in [-0.1, -0.05) is 12.8 Å². The first kappa shape index (κ1) is 17.0. The minimum atomic E-state index is -0.125. The molecule has 4 heterocycles. The molecule has 1 N–H and O–H groups in total. The third-order valence-electron chi connectivity index (χ3n) is 4.80. The van der Waals surface area contributed by atoms with Crippen molar-refractivity contribution < 1.29 is 4.79 Å². The molecule has 136 valence electrons. The molecule has 1 fully saturated rings. The van der Waals surface area contributed by atoms with Crippen LogP contribution in [-0.2, 0) is 7.05 Å². The molecule has 1 aliphatic heterocycles. The van der Waals surface area contributed by atoms with Gasteiger partial charge in [0.25, 0.3) is 5.91 Å². The van der Waals surface area contributed by atoms with Gasteiger partial charge in [0.05, 0.1) is 10.3 Å². The largest absolute Gasteiger partial charge is 0.357 e. The highest BCUT2D eigenvalue weighted by atomic mass is 32.1. The first-order valence-corrected chi connectivity index (χ1v) is 9.90. The minimum absolute atomic E-state index is 0.125. The summed E-state index contributed by atoms with van der Waals surface area (Å²) in [5.74, 6) is 1.43. The molecule has 26 heavy (non-hydrogen) atoms. The van der Waals surface area contributed by atoms with E-state index in [-0.39, 0.29) is 5.91 Å². The third kappa shape index (κ3) is 3.31. The number of thiophene rings is 1. The molecule has 4 rings (SSSR count). The summed E-state index contributed by atoms with van der Waals surface area (Å²) in [4.78, 5) is 21.4. The molecule has 1 amide bonds. The lowest BCUT2D eigenvalue weighted by molar-refractivity contribution is 0.103. The Hall–Kier alpha value is -2.41. The van der Waals surface area contributed by atoms with Crippen LogP contribution in [0.2, 0.25) is 0 Å². The van der Waals surface area contributed by atoms with Crippen LogP contribution in [-0.4, -0.2) is 33.8 Å². The van der Waals surface area contributed by atoms with Gasteiger partial charge in [-0.2, -0.15) is 5.10 Å². The van der Waals surface area contributed by atoms with E-state index in [1.54, 1.807) is 4.68 Å². The van der Waals surface area contributed by atoms with Gasteiger partial charge in [-0.05, 0) is 44.0 Å². The normalized spacial score (nSPS) is 15.2. The van der Waals surface area contributed by atoms with Gasteiger partial charge in [-0.25, -0.2) is 9.67 Å². The SMILES string of the molecule is Cc1ccc(C(=O)Nc2nn(C)c3nc(N4CCCCCC4)ccc23)s1. The highest BCUT2D eigenvalue weighted by Gasteiger charge is 2.17. The van der Waals surface area contributed by atoms with Crippen LogP contribution in [0.4, 0.5) is 11.6 Å². The quantitative estimate of drug-likeness (QED) is 0.759. The first-order valence-electron chi connectivity index (χ1n) is 9.08. The van der Waals surface area contributed by atoms with Gasteiger partial charge in [0.15, 0.2) is 11.5 Å². The van der Waals surface area contributed by atoms with E-state index in [4.69, 9.17) is 4.98 Å². The number of aryl methyl sites for hydroxylation is 2. The molecular formula is C19H23N5OS. The van der Waals surface area contributed by atoms with E-state index in [0.717, 1.165) is 34.8 Å². The molecule has 0 aliphatic carbocycles. The number of hydrogen-bond acceptors (Lipinski definition) is 5. The number of carbonyl (C=O) groups excluding carboxylic acids is 1. The molecule has 3 aromatic rings. The number of nitrogens with zero attached hydrogens (tertiary/aromatic N) is 4. The monoisotopic (exact) mass is 369 g/mol. The van der Waals surface area contributed by atoms with Crippen molar-refractivity contribution in [1.82, 2.24) is 14.8 Å². The molecule has 1 aliphatic rings. The van der Waals surface area contributed by atoms with Gasteiger partial charge >= 0.3 is 0 Å². The Bertz CT molecular complexity index is 937. The van der Waals surface area contributed by atoms with Crippen molar-refractivity contribution in [2.24, 2.45) is 7.05 Å². The number of nitrogens with one attached hydrogen (secondary N) is 1. The molecule has 0 aromatic carbocycles. The summed E-state index contributed by atoms with van der Waals surface area (Å²) in [6.45, 7) is 4.10. The van der Waals surface area contributed by atoms with Gasteiger partial charge in [-0.3, -0.25) is 4.79 Å². The fourth-order valence-corrected chi connectivity index (χ4v) is 4.18. The molecule has 0 atom stereocenters. The summed E-state index contributed by atoms with van der Waals surface area (Å²) in [6, 6.07) is 7.85. The van der Waals surface area contributed by atoms with Crippen molar-refractivity contribution in [3.8, 4) is 0 Å². The van der Waals surface area contributed by atoms with E-state index < -0.39 is 0 Å². The van der Waals surface area contributed by atoms with Crippen LogP contribution in [0.15, 0.2) is 24.3 Å². The van der Waals surface area contributed by atoms with Crippen LogP contribution in [0.3, 0.4) is 0 Å². The summed E-state index contributed by atoms with van der Waals surface area (Å²) < 4.78 is 1.74. The zero-order valence-corrected chi connectivity index (χ0v) is 16.0. The molecule has 6 nitrogen and oxygen atoms in total. The predicted molar refractivity (Wildman–Crippen MR) is 106 cm³/mol. The zero-order chi connectivity index (χ0) is 18.1. The van der Waals surface area contributed by atoms with Gasteiger partial charge in [0, 0.05) is 25.0 Å². The number of amides is 1. The summed E-state index contributed by atoms with van der Waals surface area (Å²) in [5, 5.41) is 8.27. The smallest absolute Gasteiger partial charge is 0.266 e. The van der Waals surface area contributed by atoms with Crippen LogP contribution in [0.1, 0.15) is 40.2 Å². The van der Waals surface area contributed by atoms with Crippen molar-refractivity contribution in [2.45, 2.75) is 32.6 Å². The van der Waals surface area contributed by atoms with Gasteiger partial charge in [0.1, 0.15) is 5.82 Å². The highest BCUT2D eigenvalue weighted by Crippen LogP contribution is 2.26. The molecule has 3 aromatic heterocycles. The standard InChI is InChI=1S/C19H23N5OS/c1-13-7-9-15(26-13)19(25)21-17-14-8-10-16(20-18(14)23(2)22-17)24-11-5-3-4-6-12-24/h7-10H,3-6,11-12H2,1-2H3,(H,21,22,25). The lowest BCUT2D eigenvalue weighted by Gasteiger charge is -2.21. The molecular weight excluding hydrogens is 346 g/mol. The number of carbonyl (C=O) groups is 1. The minimum Gasteiger partial charge on any atom is -0.357 e. The van der Waals surface area contributed by atoms with Crippen LogP contribution in [0, 0.1) is 6.92 Å². The molecule has 0 unspecified atom stereocenters. The number of aromatic nitrogens is 3. The predicted octanol–water partition coefficient (Wildman–Crippen LogP) is 3.97. The lowest BCUT2D eigenvalue weighted by Crippen LogP contribution is -2.24. The van der Waals surface area contributed by atoms with Crippen LogP contribution in [0.5, 0.6) is 0 Å². The maximum absolute atomic E-state index is 12.5. The Kier molecular flexibility index (Phi) is 4.63. The first-order chi connectivity index (χ1) is 12.6. The number of anilines is 2. The van der Waals surface area contributed by atoms with Crippen molar-refractivity contribution in [3.05, 3.63) is 34.0 Å². The Morgan fingerprint density at radius 3 is 2.58 bits per heavy atom. The second kappa shape index (κ2) is 7.07. The van der Waals surface area contributed by atoms with E-state index in [9.17, 15) is 4.79 Å². The van der Waals surface area contributed by atoms with Crippen LogP contribution in [0.25, 0.3) is 11.0 Å². The van der Waals surface area contributed by atoms with E-state index in [1.165, 1.54) is 37.0 Å². The highest BCUT2D eigenvalue weighted by molar-refractivity contribution is 7.14. The van der Waals surface area contributed by atoms with Crippen molar-refractivity contribution in [3.63, 3.8) is 0 Å². The summed E-state index contributed by atoms with van der Waals surface area (Å²) >= 11 is 1.48. The van der Waals surface area contributed by atoms with Crippen molar-refractivity contribution in [1.29, 1.82) is 0 Å². The van der Waals surface area contributed by atoms with E-state index in [0.29, 0.717) is 10.7 Å². The topological polar surface area (TPSA) is 63.1 Å². The van der Waals surface area contributed by atoms with E-state index in [2.05, 4.69) is 15.3 Å². The number of fused-ring (bicyclic) bond motifs is 1. The molecule has 0 radical (unpaired) electrons. The second-order valence-electron chi connectivity index (χ2n) is 6.78. The average molecular weight is 369 g/mol. The number of rotatable bonds is 3. The zero-order valence-electron chi connectivity index (χ0n) is 15.2. The Balaban J connectivity index is 1.62. The van der Waals surface area contributed by atoms with Gasteiger partial charge in [0.2, 0.25) is 0 Å². The molecule has 7 heteroatoms. The molecule has 0 bridgehead atoms. The fraction of sp³-hybridized carbons (Fsp3) is 0.421. The third-order valence-corrected chi connectivity index (χ3v) is 5.80. The average Bonchev–Trinajstić information content (AvgIpc) is 3.07. The van der Waals surface area contributed by atoms with Crippen molar-refractivity contribution in [2.75, 3.05) is 23.3 Å². The van der Waals surface area contributed by atoms with Crippen molar-refractivity contribution >= 4 is 39.9 Å². The Morgan fingerprint density at radius 1 is 1.12 bits per heavy atom. The fourth-order valence-electron chi connectivity index (χ4n) is 3.42. The summed E-state index contributed by atoms with van der Waals surface area (Å²) in [7, 11) is 1.87. The summed E-state index contributed by atoms with van der Waals surface area (Å²) in [6.07, 6.45) is 5.02. The Labute approximate surface area is 156 Å². The maximum Gasteiger partial charge on any atom is 0.266 e. The van der Waals surface area contributed by atoms with Gasteiger partial charge in [-0.15, -0.1) is 11.3 Å². The van der Waals surface area contributed by atoms with E-state index in [1.807, 2.05) is 38.2 Å².